The maximum Gasteiger partial charge on any atom is 0.243 e. The number of hydrogen-bond donors (Lipinski definition) is 1. The van der Waals surface area contributed by atoms with E-state index in [9.17, 15) is 4.79 Å². The monoisotopic (exact) mass is 407 g/mol. The number of nitrogens with zero attached hydrogens (tertiary/aromatic N) is 2. The number of rotatable bonds is 19. The summed E-state index contributed by atoms with van der Waals surface area (Å²) >= 11 is 0. The third kappa shape index (κ3) is 21.4. The lowest BCUT2D eigenvalue weighted by Crippen LogP contribution is -2.27. The van der Waals surface area contributed by atoms with Gasteiger partial charge in [-0.25, -0.2) is 0 Å². The van der Waals surface area contributed by atoms with Crippen molar-refractivity contribution in [3.63, 3.8) is 0 Å². The second-order valence-electron chi connectivity index (χ2n) is 8.70. The topological polar surface area (TPSA) is 35.6 Å². The standard InChI is InChI=1S/C25H49N3O/c1-6-7-8-9-10-11-12-17-24(2)18-15-19-25(29)26-20-16-23-28(5)22-14-13-21-27(3)4/h15,18-19H,6-14,16-17,20-23H2,1-5H3,(H,26,29)/b19-15+,24-18+. The zero-order valence-electron chi connectivity index (χ0n) is 20.1. The molecule has 4 nitrogen and oxygen atoms in total. The molecule has 0 spiro atoms. The van der Waals surface area contributed by atoms with Gasteiger partial charge >= 0.3 is 0 Å². The smallest absolute Gasteiger partial charge is 0.243 e. The van der Waals surface area contributed by atoms with Gasteiger partial charge in [0.05, 0.1) is 0 Å². The van der Waals surface area contributed by atoms with Crippen LogP contribution in [0.1, 0.15) is 84.5 Å². The van der Waals surface area contributed by atoms with Gasteiger partial charge in [-0.1, -0.05) is 63.2 Å². The number of amides is 1. The minimum absolute atomic E-state index is 0.0126. The SMILES string of the molecule is CCCCCCCCC/C(C)=C/C=C/C(=O)NCCCN(C)CCCCN(C)C. The van der Waals surface area contributed by atoms with E-state index in [2.05, 4.69) is 56.2 Å². The lowest BCUT2D eigenvalue weighted by molar-refractivity contribution is -0.116. The van der Waals surface area contributed by atoms with E-state index in [1.807, 2.05) is 6.08 Å². The first-order chi connectivity index (χ1) is 14.0. The number of carbonyl (C=O) groups is 1. The van der Waals surface area contributed by atoms with Crippen LogP contribution < -0.4 is 5.32 Å². The van der Waals surface area contributed by atoms with E-state index in [4.69, 9.17) is 0 Å². The van der Waals surface area contributed by atoms with Gasteiger partial charge in [-0.2, -0.15) is 0 Å². The van der Waals surface area contributed by atoms with E-state index < -0.39 is 0 Å². The maximum atomic E-state index is 11.9. The average molecular weight is 408 g/mol. The van der Waals surface area contributed by atoms with Crippen LogP contribution in [-0.4, -0.2) is 63.0 Å². The number of allylic oxidation sites excluding steroid dienone is 3. The summed E-state index contributed by atoms with van der Waals surface area (Å²) in [5.74, 6) is 0.0126. The molecule has 1 amide bonds. The normalized spacial score (nSPS) is 12.4. The highest BCUT2D eigenvalue weighted by Gasteiger charge is 2.00. The summed E-state index contributed by atoms with van der Waals surface area (Å²) in [5, 5.41) is 2.98. The molecule has 0 aromatic rings. The van der Waals surface area contributed by atoms with Crippen LogP contribution in [0.5, 0.6) is 0 Å². The van der Waals surface area contributed by atoms with E-state index in [1.54, 1.807) is 6.08 Å². The van der Waals surface area contributed by atoms with Crippen molar-refractivity contribution >= 4 is 5.91 Å². The molecule has 0 atom stereocenters. The van der Waals surface area contributed by atoms with Crippen LogP contribution in [0.3, 0.4) is 0 Å². The summed E-state index contributed by atoms with van der Waals surface area (Å²) in [6, 6.07) is 0. The first kappa shape index (κ1) is 27.9. The first-order valence-corrected chi connectivity index (χ1v) is 11.9. The highest BCUT2D eigenvalue weighted by molar-refractivity contribution is 5.87. The quantitative estimate of drug-likeness (QED) is 0.177. The molecule has 0 rings (SSSR count). The summed E-state index contributed by atoms with van der Waals surface area (Å²) in [7, 11) is 6.40. The van der Waals surface area contributed by atoms with Gasteiger partial charge in [0.15, 0.2) is 0 Å². The van der Waals surface area contributed by atoms with Crippen molar-refractivity contribution in [2.45, 2.75) is 84.5 Å². The van der Waals surface area contributed by atoms with Crippen LogP contribution >= 0.6 is 0 Å². The Morgan fingerprint density at radius 1 is 0.828 bits per heavy atom. The van der Waals surface area contributed by atoms with Gasteiger partial charge in [0.25, 0.3) is 0 Å². The van der Waals surface area contributed by atoms with Crippen LogP contribution in [0.25, 0.3) is 0 Å². The van der Waals surface area contributed by atoms with Crippen molar-refractivity contribution in [2.24, 2.45) is 0 Å². The summed E-state index contributed by atoms with van der Waals surface area (Å²) < 4.78 is 0. The van der Waals surface area contributed by atoms with Crippen molar-refractivity contribution < 1.29 is 4.79 Å². The van der Waals surface area contributed by atoms with Crippen molar-refractivity contribution in [1.29, 1.82) is 0 Å². The van der Waals surface area contributed by atoms with Crippen LogP contribution in [0.2, 0.25) is 0 Å². The van der Waals surface area contributed by atoms with Crippen LogP contribution in [0.15, 0.2) is 23.8 Å². The van der Waals surface area contributed by atoms with E-state index >= 15 is 0 Å². The minimum Gasteiger partial charge on any atom is -0.353 e. The Hall–Kier alpha value is -1.13. The number of unbranched alkanes of at least 4 members (excludes halogenated alkanes) is 7. The maximum absolute atomic E-state index is 11.9. The molecule has 0 aliphatic carbocycles. The second-order valence-corrected chi connectivity index (χ2v) is 8.70. The predicted octanol–water partition coefficient (Wildman–Crippen LogP) is 5.41. The third-order valence-electron chi connectivity index (χ3n) is 5.21. The first-order valence-electron chi connectivity index (χ1n) is 11.9. The number of nitrogens with one attached hydrogen (secondary N) is 1. The van der Waals surface area contributed by atoms with E-state index in [-0.39, 0.29) is 5.91 Å². The van der Waals surface area contributed by atoms with Gasteiger partial charge in [-0.3, -0.25) is 4.79 Å². The Morgan fingerprint density at radius 3 is 2.14 bits per heavy atom. The highest BCUT2D eigenvalue weighted by atomic mass is 16.1. The zero-order valence-corrected chi connectivity index (χ0v) is 20.1. The summed E-state index contributed by atoms with van der Waals surface area (Å²) in [5.41, 5.74) is 1.36. The van der Waals surface area contributed by atoms with E-state index in [0.717, 1.165) is 39.0 Å². The molecule has 0 unspecified atom stereocenters. The molecule has 0 aliphatic heterocycles. The van der Waals surface area contributed by atoms with Crippen molar-refractivity contribution in [2.75, 3.05) is 47.3 Å². The van der Waals surface area contributed by atoms with E-state index in [1.165, 1.54) is 63.4 Å². The van der Waals surface area contributed by atoms with Crippen molar-refractivity contribution in [3.05, 3.63) is 23.8 Å². The zero-order chi connectivity index (χ0) is 21.7. The summed E-state index contributed by atoms with van der Waals surface area (Å²) in [4.78, 5) is 16.5. The lowest BCUT2D eigenvalue weighted by Gasteiger charge is -2.17. The fourth-order valence-corrected chi connectivity index (χ4v) is 3.29. The Bertz CT molecular complexity index is 443. The predicted molar refractivity (Wildman–Crippen MR) is 128 cm³/mol. The van der Waals surface area contributed by atoms with Gasteiger partial charge < -0.3 is 15.1 Å². The molecule has 0 aliphatic rings. The molecule has 4 heteroatoms. The van der Waals surface area contributed by atoms with Crippen molar-refractivity contribution in [3.8, 4) is 0 Å². The van der Waals surface area contributed by atoms with Crippen LogP contribution in [0, 0.1) is 0 Å². The van der Waals surface area contributed by atoms with Crippen LogP contribution in [0.4, 0.5) is 0 Å². The molecule has 0 bridgehead atoms. The molecule has 0 fully saturated rings. The van der Waals surface area contributed by atoms with Crippen LogP contribution in [-0.2, 0) is 4.79 Å². The number of hydrogen-bond acceptors (Lipinski definition) is 3. The average Bonchev–Trinajstić information content (AvgIpc) is 2.67. The lowest BCUT2D eigenvalue weighted by atomic mass is 10.1. The molecule has 29 heavy (non-hydrogen) atoms. The third-order valence-corrected chi connectivity index (χ3v) is 5.21. The molecule has 1 N–H and O–H groups in total. The molecule has 0 heterocycles. The number of carbonyl (C=O) groups excluding carboxylic acids is 1. The molecule has 170 valence electrons. The molecular formula is C25H49N3O. The van der Waals surface area contributed by atoms with Gasteiger partial charge in [-0.15, -0.1) is 0 Å². The Balaban J connectivity index is 3.67. The Labute approximate surface area is 181 Å². The molecule has 0 saturated heterocycles. The largest absolute Gasteiger partial charge is 0.353 e. The van der Waals surface area contributed by atoms with Gasteiger partial charge in [0.2, 0.25) is 5.91 Å². The van der Waals surface area contributed by atoms with E-state index in [0.29, 0.717) is 0 Å². The molecule has 0 aromatic carbocycles. The van der Waals surface area contributed by atoms with Gasteiger partial charge in [0, 0.05) is 12.6 Å². The minimum atomic E-state index is 0.0126. The Morgan fingerprint density at radius 2 is 1.45 bits per heavy atom. The summed E-state index contributed by atoms with van der Waals surface area (Å²) in [6.07, 6.45) is 19.6. The van der Waals surface area contributed by atoms with Gasteiger partial charge in [-0.05, 0) is 79.8 Å². The van der Waals surface area contributed by atoms with Crippen molar-refractivity contribution in [1.82, 2.24) is 15.1 Å². The fraction of sp³-hybridized carbons (Fsp3) is 0.800. The second kappa shape index (κ2) is 20.2. The fourth-order valence-electron chi connectivity index (χ4n) is 3.29. The Kier molecular flexibility index (Phi) is 19.4. The van der Waals surface area contributed by atoms with Gasteiger partial charge in [0.1, 0.15) is 0 Å². The summed E-state index contributed by atoms with van der Waals surface area (Å²) in [6.45, 7) is 8.48. The molecule has 0 saturated carbocycles. The highest BCUT2D eigenvalue weighted by Crippen LogP contribution is 2.12. The molecular weight excluding hydrogens is 358 g/mol. The molecule has 0 radical (unpaired) electrons. The molecule has 0 aromatic heterocycles.